The van der Waals surface area contributed by atoms with Gasteiger partial charge < -0.3 is 16.0 Å². The fourth-order valence-corrected chi connectivity index (χ4v) is 1.72. The normalized spacial score (nSPS) is 16.4. The summed E-state index contributed by atoms with van der Waals surface area (Å²) in [6, 6.07) is 0. The van der Waals surface area contributed by atoms with Gasteiger partial charge in [-0.3, -0.25) is 9.89 Å². The lowest BCUT2D eigenvalue weighted by Gasteiger charge is -2.27. The van der Waals surface area contributed by atoms with E-state index in [9.17, 15) is 4.79 Å². The first-order valence-corrected chi connectivity index (χ1v) is 5.41. The second kappa shape index (κ2) is 4.93. The van der Waals surface area contributed by atoms with Crippen molar-refractivity contribution in [3.63, 3.8) is 0 Å². The molecule has 4 N–H and O–H groups in total. The fraction of sp³-hybridized carbons (Fsp3) is 0.667. The Hall–Kier alpha value is -1.63. The molecule has 2 heterocycles. The van der Waals surface area contributed by atoms with Crippen molar-refractivity contribution in [1.29, 1.82) is 0 Å². The average molecular weight is 224 g/mol. The predicted octanol–water partition coefficient (Wildman–Crippen LogP) is -1.25. The highest BCUT2D eigenvalue weighted by Gasteiger charge is 2.16. The van der Waals surface area contributed by atoms with Crippen molar-refractivity contribution in [1.82, 2.24) is 25.4 Å². The van der Waals surface area contributed by atoms with E-state index < -0.39 is 0 Å². The number of aryl methyl sites for hydroxylation is 1. The van der Waals surface area contributed by atoms with Crippen molar-refractivity contribution in [2.75, 3.05) is 31.9 Å². The molecule has 1 aliphatic rings. The Bertz CT molecular complexity index is 357. The topological polar surface area (TPSA) is 99.9 Å². The van der Waals surface area contributed by atoms with Crippen molar-refractivity contribution in [3.8, 4) is 0 Å². The van der Waals surface area contributed by atoms with E-state index in [-0.39, 0.29) is 11.9 Å². The molecule has 7 heteroatoms. The Labute approximate surface area is 93.4 Å². The van der Waals surface area contributed by atoms with E-state index >= 15 is 0 Å². The number of amides is 1. The van der Waals surface area contributed by atoms with Crippen LogP contribution in [0.5, 0.6) is 0 Å². The van der Waals surface area contributed by atoms with Crippen molar-refractivity contribution in [3.05, 3.63) is 5.82 Å². The molecule has 7 nitrogen and oxygen atoms in total. The third-order valence-electron chi connectivity index (χ3n) is 2.59. The molecule has 0 atom stereocenters. The second-order valence-corrected chi connectivity index (χ2v) is 3.77. The molecule has 0 aromatic carbocycles. The maximum atomic E-state index is 11.8. The van der Waals surface area contributed by atoms with Gasteiger partial charge in [0.2, 0.25) is 11.9 Å². The van der Waals surface area contributed by atoms with E-state index in [0.717, 1.165) is 26.2 Å². The number of aromatic nitrogens is 3. The molecule has 0 spiro atoms. The van der Waals surface area contributed by atoms with Crippen LogP contribution in [0, 0.1) is 0 Å². The highest BCUT2D eigenvalue weighted by molar-refractivity contribution is 5.76. The van der Waals surface area contributed by atoms with Crippen LogP contribution in [0.4, 0.5) is 5.95 Å². The number of rotatable bonds is 3. The number of nitrogens with zero attached hydrogens (tertiary/aromatic N) is 3. The van der Waals surface area contributed by atoms with Crippen LogP contribution in [0.2, 0.25) is 0 Å². The Morgan fingerprint density at radius 2 is 2.19 bits per heavy atom. The van der Waals surface area contributed by atoms with Crippen LogP contribution >= 0.6 is 0 Å². The molecule has 0 aliphatic carbocycles. The summed E-state index contributed by atoms with van der Waals surface area (Å²) in [6.45, 7) is 3.33. The monoisotopic (exact) mass is 224 g/mol. The van der Waals surface area contributed by atoms with Gasteiger partial charge in [-0.2, -0.15) is 4.98 Å². The molecule has 1 aromatic rings. The zero-order chi connectivity index (χ0) is 11.4. The maximum Gasteiger partial charge on any atom is 0.239 e. The van der Waals surface area contributed by atoms with Gasteiger partial charge in [0.05, 0.1) is 0 Å². The Morgan fingerprint density at radius 1 is 1.44 bits per heavy atom. The first-order valence-electron chi connectivity index (χ1n) is 5.41. The van der Waals surface area contributed by atoms with Crippen molar-refractivity contribution < 1.29 is 4.79 Å². The van der Waals surface area contributed by atoms with E-state index in [1.165, 1.54) is 0 Å². The van der Waals surface area contributed by atoms with Gasteiger partial charge in [0.15, 0.2) is 0 Å². The van der Waals surface area contributed by atoms with Crippen LogP contribution in [0.15, 0.2) is 0 Å². The largest absolute Gasteiger partial charge is 0.367 e. The van der Waals surface area contributed by atoms with Gasteiger partial charge in [0.25, 0.3) is 0 Å². The number of H-pyrrole nitrogens is 1. The summed E-state index contributed by atoms with van der Waals surface area (Å²) in [5, 5.41) is 9.62. The third-order valence-corrected chi connectivity index (χ3v) is 2.59. The highest BCUT2D eigenvalue weighted by Crippen LogP contribution is 2.02. The minimum Gasteiger partial charge on any atom is -0.367 e. The number of nitrogens with two attached hydrogens (primary N) is 1. The molecule has 0 radical (unpaired) electrons. The van der Waals surface area contributed by atoms with Gasteiger partial charge in [-0.25, -0.2) is 0 Å². The number of hydrogen-bond acceptors (Lipinski definition) is 5. The van der Waals surface area contributed by atoms with Crippen LogP contribution in [0.25, 0.3) is 0 Å². The molecule has 1 aromatic heterocycles. The molecule has 88 valence electrons. The Balaban J connectivity index is 1.78. The SMILES string of the molecule is Nc1n[nH]c(CCC(=O)N2CCNCC2)n1. The summed E-state index contributed by atoms with van der Waals surface area (Å²) in [5.74, 6) is 1.06. The third kappa shape index (κ3) is 2.69. The van der Waals surface area contributed by atoms with Gasteiger partial charge in [-0.05, 0) is 0 Å². The van der Waals surface area contributed by atoms with Crippen LogP contribution in [0.3, 0.4) is 0 Å². The summed E-state index contributed by atoms with van der Waals surface area (Å²) >= 11 is 0. The van der Waals surface area contributed by atoms with Crippen molar-refractivity contribution >= 4 is 11.9 Å². The molecule has 0 bridgehead atoms. The number of nitrogens with one attached hydrogen (secondary N) is 2. The molecule has 16 heavy (non-hydrogen) atoms. The lowest BCUT2D eigenvalue weighted by Crippen LogP contribution is -2.46. The summed E-state index contributed by atoms with van der Waals surface area (Å²) in [7, 11) is 0. The van der Waals surface area contributed by atoms with Crippen LogP contribution in [-0.2, 0) is 11.2 Å². The first-order chi connectivity index (χ1) is 7.75. The number of carbonyl (C=O) groups is 1. The summed E-state index contributed by atoms with van der Waals surface area (Å²) < 4.78 is 0. The van der Waals surface area contributed by atoms with Gasteiger partial charge in [-0.1, -0.05) is 0 Å². The van der Waals surface area contributed by atoms with E-state index in [4.69, 9.17) is 5.73 Å². The van der Waals surface area contributed by atoms with Gasteiger partial charge in [0, 0.05) is 39.0 Å². The zero-order valence-electron chi connectivity index (χ0n) is 9.07. The highest BCUT2D eigenvalue weighted by atomic mass is 16.2. The first kappa shape index (κ1) is 10.9. The quantitative estimate of drug-likeness (QED) is 0.596. The minimum atomic E-state index is 0.163. The van der Waals surface area contributed by atoms with Crippen molar-refractivity contribution in [2.45, 2.75) is 12.8 Å². The lowest BCUT2D eigenvalue weighted by atomic mass is 10.2. The smallest absolute Gasteiger partial charge is 0.239 e. The average Bonchev–Trinajstić information content (AvgIpc) is 2.73. The zero-order valence-corrected chi connectivity index (χ0v) is 9.07. The van der Waals surface area contributed by atoms with E-state index in [1.807, 2.05) is 4.90 Å². The van der Waals surface area contributed by atoms with Crippen LogP contribution in [0.1, 0.15) is 12.2 Å². The summed E-state index contributed by atoms with van der Waals surface area (Å²) in [6.07, 6.45) is 1.02. The molecule has 0 saturated carbocycles. The molecular weight excluding hydrogens is 208 g/mol. The molecule has 1 aliphatic heterocycles. The second-order valence-electron chi connectivity index (χ2n) is 3.77. The lowest BCUT2D eigenvalue weighted by molar-refractivity contribution is -0.131. The number of aromatic amines is 1. The van der Waals surface area contributed by atoms with Crippen LogP contribution in [-0.4, -0.2) is 52.2 Å². The van der Waals surface area contributed by atoms with Crippen LogP contribution < -0.4 is 11.1 Å². The molecule has 2 rings (SSSR count). The summed E-state index contributed by atoms with van der Waals surface area (Å²) in [4.78, 5) is 17.6. The molecule has 0 unspecified atom stereocenters. The molecular formula is C9H16N6O. The van der Waals surface area contributed by atoms with E-state index in [1.54, 1.807) is 0 Å². The molecule has 1 amide bonds. The van der Waals surface area contributed by atoms with Crippen molar-refractivity contribution in [2.24, 2.45) is 0 Å². The Kier molecular flexibility index (Phi) is 3.35. The number of carbonyl (C=O) groups excluding carboxylic acids is 1. The standard InChI is InChI=1S/C9H16N6O/c10-9-12-7(13-14-9)1-2-8(16)15-5-3-11-4-6-15/h11H,1-6H2,(H3,10,12,13,14). The fourth-order valence-electron chi connectivity index (χ4n) is 1.72. The minimum absolute atomic E-state index is 0.163. The van der Waals surface area contributed by atoms with E-state index in [0.29, 0.717) is 18.7 Å². The number of hydrogen-bond donors (Lipinski definition) is 3. The maximum absolute atomic E-state index is 11.8. The van der Waals surface area contributed by atoms with Gasteiger partial charge in [-0.15, -0.1) is 5.10 Å². The number of anilines is 1. The van der Waals surface area contributed by atoms with Gasteiger partial charge in [0.1, 0.15) is 5.82 Å². The Morgan fingerprint density at radius 3 is 2.81 bits per heavy atom. The van der Waals surface area contributed by atoms with Gasteiger partial charge >= 0.3 is 0 Å². The summed E-state index contributed by atoms with van der Waals surface area (Å²) in [5.41, 5.74) is 5.37. The predicted molar refractivity (Wildman–Crippen MR) is 58.6 cm³/mol. The van der Waals surface area contributed by atoms with E-state index in [2.05, 4.69) is 20.5 Å². The molecule has 1 saturated heterocycles. The number of piperazine rings is 1. The molecule has 1 fully saturated rings. The number of nitrogen functional groups attached to an aromatic ring is 1.